The fourth-order valence-electron chi connectivity index (χ4n) is 1.17. The highest BCUT2D eigenvalue weighted by molar-refractivity contribution is 6.35. The van der Waals surface area contributed by atoms with Crippen LogP contribution < -0.4 is 0 Å². The lowest BCUT2D eigenvalue weighted by Crippen LogP contribution is -1.83. The van der Waals surface area contributed by atoms with Crippen molar-refractivity contribution in [1.82, 2.24) is 10.2 Å². The molecule has 0 amide bonds. The molecule has 0 unspecified atom stereocenters. The summed E-state index contributed by atoms with van der Waals surface area (Å²) in [5, 5.41) is 8.79. The van der Waals surface area contributed by atoms with E-state index in [1.807, 2.05) is 6.07 Å². The second-order valence-electron chi connectivity index (χ2n) is 2.76. The van der Waals surface area contributed by atoms with E-state index in [4.69, 9.17) is 23.2 Å². The Balaban J connectivity index is 2.57. The van der Waals surface area contributed by atoms with Crippen molar-refractivity contribution in [3.8, 4) is 11.1 Å². The number of aromatic nitrogens is 2. The normalized spacial score (nSPS) is 10.1. The Labute approximate surface area is 91.5 Å². The molecule has 1 aromatic carbocycles. The van der Waals surface area contributed by atoms with Gasteiger partial charge in [-0.15, -0.1) is 0 Å². The van der Waals surface area contributed by atoms with E-state index in [1.165, 1.54) is 0 Å². The summed E-state index contributed by atoms with van der Waals surface area (Å²) in [6, 6.07) is 7.16. The second-order valence-corrected chi connectivity index (χ2v) is 3.60. The second kappa shape index (κ2) is 3.95. The Hall–Kier alpha value is -1.12. The van der Waals surface area contributed by atoms with E-state index in [2.05, 4.69) is 10.2 Å². The van der Waals surface area contributed by atoms with Crippen molar-refractivity contribution in [1.29, 1.82) is 0 Å². The molecular formula is C10H6Cl2N2. The first-order valence-electron chi connectivity index (χ1n) is 3.99. The molecule has 0 atom stereocenters. The minimum atomic E-state index is 0.654. The topological polar surface area (TPSA) is 25.8 Å². The third kappa shape index (κ3) is 1.86. The van der Waals surface area contributed by atoms with Crippen molar-refractivity contribution in [3.63, 3.8) is 0 Å². The van der Waals surface area contributed by atoms with Gasteiger partial charge >= 0.3 is 0 Å². The molecule has 0 N–H and O–H groups in total. The largest absolute Gasteiger partial charge is 0.159 e. The van der Waals surface area contributed by atoms with E-state index < -0.39 is 0 Å². The minimum absolute atomic E-state index is 0.654. The Morgan fingerprint density at radius 3 is 2.57 bits per heavy atom. The van der Waals surface area contributed by atoms with Gasteiger partial charge in [-0.05, 0) is 24.3 Å². The summed E-state index contributed by atoms with van der Waals surface area (Å²) in [5.41, 5.74) is 1.78. The molecule has 0 saturated carbocycles. The molecule has 0 saturated heterocycles. The maximum absolute atomic E-state index is 6.02. The van der Waals surface area contributed by atoms with Crippen LogP contribution in [0.5, 0.6) is 0 Å². The van der Waals surface area contributed by atoms with Gasteiger partial charge in [-0.3, -0.25) is 0 Å². The van der Waals surface area contributed by atoms with Crippen molar-refractivity contribution in [3.05, 3.63) is 46.7 Å². The van der Waals surface area contributed by atoms with E-state index in [0.717, 1.165) is 11.1 Å². The first-order valence-corrected chi connectivity index (χ1v) is 4.75. The smallest absolute Gasteiger partial charge is 0.0575 e. The molecule has 2 nitrogen and oxygen atoms in total. The number of nitrogens with zero attached hydrogens (tertiary/aromatic N) is 2. The van der Waals surface area contributed by atoms with Gasteiger partial charge in [0.05, 0.1) is 12.4 Å². The van der Waals surface area contributed by atoms with Gasteiger partial charge in [0.25, 0.3) is 0 Å². The molecule has 0 fully saturated rings. The quantitative estimate of drug-likeness (QED) is 0.742. The molecule has 0 bridgehead atoms. The molecule has 0 aliphatic heterocycles. The summed E-state index contributed by atoms with van der Waals surface area (Å²) in [5.74, 6) is 0. The number of halogens is 2. The van der Waals surface area contributed by atoms with Crippen LogP contribution in [0, 0.1) is 0 Å². The summed E-state index contributed by atoms with van der Waals surface area (Å²) in [6.45, 7) is 0. The zero-order valence-electron chi connectivity index (χ0n) is 7.11. The summed E-state index contributed by atoms with van der Waals surface area (Å²) < 4.78 is 0. The third-order valence-corrected chi connectivity index (χ3v) is 2.39. The van der Waals surface area contributed by atoms with Gasteiger partial charge in [0.2, 0.25) is 0 Å². The Morgan fingerprint density at radius 2 is 1.86 bits per heavy atom. The van der Waals surface area contributed by atoms with Gasteiger partial charge in [0.1, 0.15) is 0 Å². The van der Waals surface area contributed by atoms with Crippen LogP contribution in [0.3, 0.4) is 0 Å². The van der Waals surface area contributed by atoms with E-state index in [-0.39, 0.29) is 0 Å². The Kier molecular flexibility index (Phi) is 2.66. The van der Waals surface area contributed by atoms with Gasteiger partial charge in [0.15, 0.2) is 0 Å². The SMILES string of the molecule is Clc1ccc(Cl)c(-c2ccnnc2)c1. The molecule has 2 aromatic rings. The molecule has 4 heteroatoms. The van der Waals surface area contributed by atoms with Crippen LogP contribution in [0.25, 0.3) is 11.1 Å². The third-order valence-electron chi connectivity index (χ3n) is 1.82. The highest BCUT2D eigenvalue weighted by atomic mass is 35.5. The number of rotatable bonds is 1. The van der Waals surface area contributed by atoms with Crippen LogP contribution in [0.4, 0.5) is 0 Å². The number of hydrogen-bond acceptors (Lipinski definition) is 2. The molecule has 1 heterocycles. The average molecular weight is 225 g/mol. The van der Waals surface area contributed by atoms with Crippen LogP contribution in [0.1, 0.15) is 0 Å². The van der Waals surface area contributed by atoms with E-state index in [0.29, 0.717) is 10.0 Å². The average Bonchev–Trinajstić information content (AvgIpc) is 2.23. The lowest BCUT2D eigenvalue weighted by atomic mass is 10.1. The van der Waals surface area contributed by atoms with Crippen molar-refractivity contribution >= 4 is 23.2 Å². The van der Waals surface area contributed by atoms with Crippen LogP contribution in [-0.4, -0.2) is 10.2 Å². The highest BCUT2D eigenvalue weighted by Crippen LogP contribution is 2.29. The van der Waals surface area contributed by atoms with Crippen molar-refractivity contribution in [2.45, 2.75) is 0 Å². The van der Waals surface area contributed by atoms with Crippen LogP contribution in [0.2, 0.25) is 10.0 Å². The number of benzene rings is 1. The predicted octanol–water partition coefficient (Wildman–Crippen LogP) is 3.45. The first kappa shape index (κ1) is 9.44. The van der Waals surface area contributed by atoms with Crippen molar-refractivity contribution in [2.75, 3.05) is 0 Å². The van der Waals surface area contributed by atoms with Gasteiger partial charge in [-0.2, -0.15) is 10.2 Å². The van der Waals surface area contributed by atoms with Crippen LogP contribution in [-0.2, 0) is 0 Å². The monoisotopic (exact) mass is 224 g/mol. The zero-order valence-corrected chi connectivity index (χ0v) is 8.63. The van der Waals surface area contributed by atoms with Crippen LogP contribution >= 0.6 is 23.2 Å². The van der Waals surface area contributed by atoms with Crippen LogP contribution in [0.15, 0.2) is 36.7 Å². The van der Waals surface area contributed by atoms with Gasteiger partial charge in [-0.25, -0.2) is 0 Å². The highest BCUT2D eigenvalue weighted by Gasteiger charge is 2.03. The molecule has 14 heavy (non-hydrogen) atoms. The maximum atomic E-state index is 6.02. The summed E-state index contributed by atoms with van der Waals surface area (Å²) in [4.78, 5) is 0. The molecule has 1 aromatic heterocycles. The maximum Gasteiger partial charge on any atom is 0.0575 e. The number of hydrogen-bond donors (Lipinski definition) is 0. The van der Waals surface area contributed by atoms with Crippen molar-refractivity contribution in [2.24, 2.45) is 0 Å². The van der Waals surface area contributed by atoms with Gasteiger partial charge in [-0.1, -0.05) is 23.2 Å². The van der Waals surface area contributed by atoms with E-state index in [9.17, 15) is 0 Å². The minimum Gasteiger partial charge on any atom is -0.159 e. The van der Waals surface area contributed by atoms with Gasteiger partial charge < -0.3 is 0 Å². The lowest BCUT2D eigenvalue weighted by molar-refractivity contribution is 1.03. The molecule has 0 radical (unpaired) electrons. The van der Waals surface area contributed by atoms with E-state index in [1.54, 1.807) is 30.6 Å². The lowest BCUT2D eigenvalue weighted by Gasteiger charge is -2.03. The molecule has 2 rings (SSSR count). The summed E-state index contributed by atoms with van der Waals surface area (Å²) >= 11 is 11.9. The molecule has 70 valence electrons. The first-order chi connectivity index (χ1) is 6.77. The predicted molar refractivity (Wildman–Crippen MR) is 57.5 cm³/mol. The van der Waals surface area contributed by atoms with E-state index >= 15 is 0 Å². The fourth-order valence-corrected chi connectivity index (χ4v) is 1.57. The zero-order chi connectivity index (χ0) is 9.97. The molecular weight excluding hydrogens is 219 g/mol. The fraction of sp³-hybridized carbons (Fsp3) is 0. The molecule has 0 aliphatic rings. The molecule has 0 aliphatic carbocycles. The summed E-state index contributed by atoms with van der Waals surface area (Å²) in [6.07, 6.45) is 3.27. The Bertz CT molecular complexity index is 443. The van der Waals surface area contributed by atoms with Gasteiger partial charge in [0, 0.05) is 21.2 Å². The standard InChI is InChI=1S/C10H6Cl2N2/c11-8-1-2-10(12)9(5-8)7-3-4-13-14-6-7/h1-6H. The van der Waals surface area contributed by atoms with Crippen molar-refractivity contribution < 1.29 is 0 Å². The summed E-state index contributed by atoms with van der Waals surface area (Å²) in [7, 11) is 0. The Morgan fingerprint density at radius 1 is 1.00 bits per heavy atom. The molecule has 0 spiro atoms.